The summed E-state index contributed by atoms with van der Waals surface area (Å²) in [6, 6.07) is 0. The van der Waals surface area contributed by atoms with Gasteiger partial charge in [0.25, 0.3) is 0 Å². The van der Waals surface area contributed by atoms with Crippen LogP contribution in [0.25, 0.3) is 0 Å². The number of nitrogens with one attached hydrogen (secondary N) is 1. The Balaban J connectivity index is 2.30. The Labute approximate surface area is 107 Å². The molecule has 1 aliphatic rings. The Morgan fingerprint density at radius 2 is 2.29 bits per heavy atom. The van der Waals surface area contributed by atoms with Gasteiger partial charge in [-0.25, -0.2) is 0 Å². The molecule has 0 amide bonds. The number of rotatable bonds is 8. The van der Waals surface area contributed by atoms with Crippen molar-refractivity contribution in [3.63, 3.8) is 0 Å². The van der Waals surface area contributed by atoms with Gasteiger partial charge in [-0.3, -0.25) is 0 Å². The molecule has 102 valence electrons. The summed E-state index contributed by atoms with van der Waals surface area (Å²) in [7, 11) is 1.80. The molecule has 1 fully saturated rings. The Hall–Kier alpha value is -0.120. The summed E-state index contributed by atoms with van der Waals surface area (Å²) in [6.45, 7) is 11.5. The second-order valence-electron chi connectivity index (χ2n) is 5.53. The lowest BCUT2D eigenvalue weighted by Crippen LogP contribution is -2.40. The predicted molar refractivity (Wildman–Crippen MR) is 73.4 cm³/mol. The Kier molecular flexibility index (Phi) is 7.82. The summed E-state index contributed by atoms with van der Waals surface area (Å²) in [5.41, 5.74) is 0. The minimum Gasteiger partial charge on any atom is -0.384 e. The lowest BCUT2D eigenvalue weighted by Gasteiger charge is -2.31. The van der Waals surface area contributed by atoms with Gasteiger partial charge in [-0.1, -0.05) is 13.8 Å². The van der Waals surface area contributed by atoms with Crippen molar-refractivity contribution in [2.75, 3.05) is 46.4 Å². The van der Waals surface area contributed by atoms with Gasteiger partial charge >= 0.3 is 0 Å². The molecule has 17 heavy (non-hydrogen) atoms. The second-order valence-corrected chi connectivity index (χ2v) is 5.53. The highest BCUT2D eigenvalue weighted by Gasteiger charge is 2.17. The van der Waals surface area contributed by atoms with Crippen molar-refractivity contribution < 1.29 is 4.74 Å². The zero-order valence-electron chi connectivity index (χ0n) is 11.9. The molecule has 0 saturated carbocycles. The summed E-state index contributed by atoms with van der Waals surface area (Å²) in [5.74, 6) is 1.49. The summed E-state index contributed by atoms with van der Waals surface area (Å²) < 4.78 is 5.23. The maximum Gasteiger partial charge on any atom is 0.0500 e. The van der Waals surface area contributed by atoms with Gasteiger partial charge in [0, 0.05) is 26.8 Å². The average molecular weight is 242 g/mol. The molecule has 2 unspecified atom stereocenters. The van der Waals surface area contributed by atoms with Gasteiger partial charge in [0.05, 0.1) is 0 Å². The van der Waals surface area contributed by atoms with Crippen LogP contribution in [0.4, 0.5) is 0 Å². The van der Waals surface area contributed by atoms with Crippen LogP contribution in [0.5, 0.6) is 0 Å². The smallest absolute Gasteiger partial charge is 0.0500 e. The van der Waals surface area contributed by atoms with E-state index in [0.29, 0.717) is 5.92 Å². The first kappa shape index (κ1) is 14.9. The zero-order chi connectivity index (χ0) is 12.5. The van der Waals surface area contributed by atoms with Crippen LogP contribution in [0.2, 0.25) is 0 Å². The monoisotopic (exact) mass is 242 g/mol. The van der Waals surface area contributed by atoms with E-state index in [4.69, 9.17) is 4.74 Å². The molecule has 1 aliphatic heterocycles. The van der Waals surface area contributed by atoms with Gasteiger partial charge in [-0.15, -0.1) is 0 Å². The van der Waals surface area contributed by atoms with Crippen molar-refractivity contribution in [2.24, 2.45) is 11.8 Å². The highest BCUT2D eigenvalue weighted by molar-refractivity contribution is 4.74. The topological polar surface area (TPSA) is 24.5 Å². The molecule has 0 bridgehead atoms. The van der Waals surface area contributed by atoms with E-state index in [2.05, 4.69) is 24.1 Å². The summed E-state index contributed by atoms with van der Waals surface area (Å²) >= 11 is 0. The lowest BCUT2D eigenvalue weighted by atomic mass is 9.98. The molecular formula is C14H30N2O. The van der Waals surface area contributed by atoms with Gasteiger partial charge in [0.1, 0.15) is 0 Å². The molecule has 1 heterocycles. The fourth-order valence-electron chi connectivity index (χ4n) is 2.80. The largest absolute Gasteiger partial charge is 0.384 e. The van der Waals surface area contributed by atoms with Crippen LogP contribution in [0.1, 0.15) is 33.1 Å². The normalized spacial score (nSPS) is 22.9. The van der Waals surface area contributed by atoms with Crippen LogP contribution in [0.3, 0.4) is 0 Å². The number of methoxy groups -OCH3 is 1. The lowest BCUT2D eigenvalue weighted by molar-refractivity contribution is 0.118. The number of piperidine rings is 1. The second kappa shape index (κ2) is 8.90. The first-order valence-corrected chi connectivity index (χ1v) is 7.18. The summed E-state index contributed by atoms with van der Waals surface area (Å²) in [5, 5.41) is 3.51. The van der Waals surface area contributed by atoms with Crippen molar-refractivity contribution in [3.05, 3.63) is 0 Å². The third-order valence-electron chi connectivity index (χ3n) is 3.48. The SMILES string of the molecule is CCCN(CC(C)COC)CC1CCCNC1. The van der Waals surface area contributed by atoms with Gasteiger partial charge < -0.3 is 15.0 Å². The third-order valence-corrected chi connectivity index (χ3v) is 3.48. The quantitative estimate of drug-likeness (QED) is 0.704. The van der Waals surface area contributed by atoms with E-state index in [9.17, 15) is 0 Å². The average Bonchev–Trinajstić information content (AvgIpc) is 2.31. The number of hydrogen-bond acceptors (Lipinski definition) is 3. The zero-order valence-corrected chi connectivity index (χ0v) is 11.9. The first-order valence-electron chi connectivity index (χ1n) is 7.18. The fourth-order valence-corrected chi connectivity index (χ4v) is 2.80. The van der Waals surface area contributed by atoms with Crippen LogP contribution < -0.4 is 5.32 Å². The van der Waals surface area contributed by atoms with Crippen molar-refractivity contribution in [1.82, 2.24) is 10.2 Å². The van der Waals surface area contributed by atoms with Gasteiger partial charge in [0.15, 0.2) is 0 Å². The molecule has 0 aromatic heterocycles. The van der Waals surface area contributed by atoms with Crippen molar-refractivity contribution >= 4 is 0 Å². The van der Waals surface area contributed by atoms with Crippen LogP contribution in [0.15, 0.2) is 0 Å². The minimum absolute atomic E-state index is 0.642. The molecule has 1 rings (SSSR count). The first-order chi connectivity index (χ1) is 8.26. The fraction of sp³-hybridized carbons (Fsp3) is 1.00. The Morgan fingerprint density at radius 3 is 2.88 bits per heavy atom. The van der Waals surface area contributed by atoms with Crippen molar-refractivity contribution in [2.45, 2.75) is 33.1 Å². The Bertz CT molecular complexity index is 181. The molecule has 0 radical (unpaired) electrons. The van der Waals surface area contributed by atoms with Crippen LogP contribution in [-0.2, 0) is 4.74 Å². The standard InChI is InChI=1S/C14H30N2O/c1-4-8-16(10-13(2)12-17-3)11-14-6-5-7-15-9-14/h13-15H,4-12H2,1-3H3. The van der Waals surface area contributed by atoms with Crippen LogP contribution in [-0.4, -0.2) is 51.3 Å². The summed E-state index contributed by atoms with van der Waals surface area (Å²) in [4.78, 5) is 2.63. The van der Waals surface area contributed by atoms with E-state index in [0.717, 1.165) is 12.5 Å². The number of nitrogens with zero attached hydrogens (tertiary/aromatic N) is 1. The van der Waals surface area contributed by atoms with Gasteiger partial charge in [0.2, 0.25) is 0 Å². The third kappa shape index (κ3) is 6.39. The highest BCUT2D eigenvalue weighted by Crippen LogP contribution is 2.13. The maximum atomic E-state index is 5.23. The van der Waals surface area contributed by atoms with Crippen molar-refractivity contribution in [3.8, 4) is 0 Å². The van der Waals surface area contributed by atoms with E-state index >= 15 is 0 Å². The molecule has 0 aromatic rings. The van der Waals surface area contributed by atoms with E-state index in [-0.39, 0.29) is 0 Å². The maximum absolute atomic E-state index is 5.23. The van der Waals surface area contributed by atoms with Gasteiger partial charge in [-0.2, -0.15) is 0 Å². The van der Waals surface area contributed by atoms with Gasteiger partial charge in [-0.05, 0) is 50.7 Å². The minimum atomic E-state index is 0.642. The molecule has 0 spiro atoms. The summed E-state index contributed by atoms with van der Waals surface area (Å²) in [6.07, 6.45) is 3.99. The molecule has 3 nitrogen and oxygen atoms in total. The van der Waals surface area contributed by atoms with E-state index in [1.807, 2.05) is 0 Å². The molecule has 1 N–H and O–H groups in total. The van der Waals surface area contributed by atoms with Crippen molar-refractivity contribution in [1.29, 1.82) is 0 Å². The highest BCUT2D eigenvalue weighted by atomic mass is 16.5. The molecule has 0 aliphatic carbocycles. The van der Waals surface area contributed by atoms with E-state index in [1.54, 1.807) is 7.11 Å². The number of ether oxygens (including phenoxy) is 1. The molecule has 3 heteroatoms. The van der Waals surface area contributed by atoms with E-state index < -0.39 is 0 Å². The number of hydrogen-bond donors (Lipinski definition) is 1. The Morgan fingerprint density at radius 1 is 1.47 bits per heavy atom. The predicted octanol–water partition coefficient (Wildman–Crippen LogP) is 1.98. The molecule has 0 aromatic carbocycles. The van der Waals surface area contributed by atoms with Crippen LogP contribution in [0, 0.1) is 11.8 Å². The molecule has 1 saturated heterocycles. The molecule has 2 atom stereocenters. The van der Waals surface area contributed by atoms with Crippen LogP contribution >= 0.6 is 0 Å². The molecular weight excluding hydrogens is 212 g/mol. The van der Waals surface area contributed by atoms with E-state index in [1.165, 1.54) is 52.0 Å².